The number of hydrogen-bond acceptors (Lipinski definition) is 9. The average Bonchev–Trinajstić information content (AvgIpc) is 3.15. The van der Waals surface area contributed by atoms with Crippen LogP contribution in [0.2, 0.25) is 0 Å². The average molecular weight is 819 g/mol. The van der Waals surface area contributed by atoms with Crippen molar-refractivity contribution in [2.24, 2.45) is 0 Å². The number of nitrogens with zero attached hydrogens (tertiary/aromatic N) is 1. The van der Waals surface area contributed by atoms with Crippen molar-refractivity contribution in [1.82, 2.24) is 0 Å². The molecule has 12 heteroatoms. The monoisotopic (exact) mass is 819 g/mol. The summed E-state index contributed by atoms with van der Waals surface area (Å²) in [5.41, 5.74) is 0. The SMILES string of the molecule is CCCCCCCCCCCCCCCCCC(=O)OCC(COP(=O)(O)OCC[N+](C)(C)C)OC(=O)CCCCCCC/C=C\C=C\C(CCCCC)OO. The van der Waals surface area contributed by atoms with Gasteiger partial charge in [0.2, 0.25) is 0 Å². The minimum Gasteiger partial charge on any atom is -0.462 e. The summed E-state index contributed by atoms with van der Waals surface area (Å²) in [6, 6.07) is 0. The quantitative estimate of drug-likeness (QED) is 0.0117. The first-order valence-corrected chi connectivity index (χ1v) is 23.8. The van der Waals surface area contributed by atoms with E-state index in [4.69, 9.17) is 23.8 Å². The Balaban J connectivity index is 4.44. The maximum absolute atomic E-state index is 12.7. The van der Waals surface area contributed by atoms with Gasteiger partial charge in [0.25, 0.3) is 0 Å². The smallest absolute Gasteiger partial charge is 0.462 e. The van der Waals surface area contributed by atoms with Crippen molar-refractivity contribution >= 4 is 19.8 Å². The van der Waals surface area contributed by atoms with Gasteiger partial charge in [0.15, 0.2) is 6.10 Å². The summed E-state index contributed by atoms with van der Waals surface area (Å²) >= 11 is 0. The summed E-state index contributed by atoms with van der Waals surface area (Å²) in [4.78, 5) is 39.9. The van der Waals surface area contributed by atoms with Crippen LogP contribution in [-0.4, -0.2) is 86.3 Å². The number of rotatable bonds is 41. The number of likely N-dealkylation sites (N-methyl/N-ethyl adjacent to an activating group) is 1. The molecular weight excluding hydrogens is 733 g/mol. The lowest BCUT2D eigenvalue weighted by Crippen LogP contribution is -2.37. The summed E-state index contributed by atoms with van der Waals surface area (Å²) in [5.74, 6) is -0.853. The second-order valence-electron chi connectivity index (χ2n) is 16.4. The zero-order valence-corrected chi connectivity index (χ0v) is 37.3. The minimum atomic E-state index is -4.39. The maximum Gasteiger partial charge on any atom is 0.472 e. The van der Waals surface area contributed by atoms with Crippen molar-refractivity contribution in [3.63, 3.8) is 0 Å². The first kappa shape index (κ1) is 54.4. The highest BCUT2D eigenvalue weighted by atomic mass is 31.2. The summed E-state index contributed by atoms with van der Waals surface area (Å²) < 4.78 is 34.3. The number of ether oxygens (including phenoxy) is 2. The lowest BCUT2D eigenvalue weighted by Gasteiger charge is -2.24. The highest BCUT2D eigenvalue weighted by Gasteiger charge is 2.27. The third-order valence-corrected chi connectivity index (χ3v) is 10.7. The van der Waals surface area contributed by atoms with Crippen molar-refractivity contribution in [1.29, 1.82) is 0 Å². The fourth-order valence-corrected chi connectivity index (χ4v) is 6.85. The van der Waals surface area contributed by atoms with Crippen LogP contribution in [0, 0.1) is 0 Å². The molecule has 0 radical (unpaired) electrons. The Morgan fingerprint density at radius 2 is 1.14 bits per heavy atom. The summed E-state index contributed by atoms with van der Waals surface area (Å²) in [7, 11) is 1.42. The van der Waals surface area contributed by atoms with E-state index in [0.29, 0.717) is 17.4 Å². The lowest BCUT2D eigenvalue weighted by atomic mass is 10.0. The van der Waals surface area contributed by atoms with Gasteiger partial charge in [0, 0.05) is 12.8 Å². The number of hydrogen-bond donors (Lipinski definition) is 2. The van der Waals surface area contributed by atoms with Crippen LogP contribution in [0.5, 0.6) is 0 Å². The third kappa shape index (κ3) is 39.2. The topological polar surface area (TPSA) is 138 Å². The summed E-state index contributed by atoms with van der Waals surface area (Å²) in [5, 5.41) is 9.03. The van der Waals surface area contributed by atoms with E-state index in [9.17, 15) is 19.0 Å². The first-order chi connectivity index (χ1) is 26.9. The van der Waals surface area contributed by atoms with Gasteiger partial charge in [-0.25, -0.2) is 9.45 Å². The fourth-order valence-electron chi connectivity index (χ4n) is 6.11. The Labute approximate surface area is 342 Å². The van der Waals surface area contributed by atoms with Gasteiger partial charge in [0.05, 0.1) is 27.7 Å². The van der Waals surface area contributed by atoms with Gasteiger partial charge < -0.3 is 18.9 Å². The lowest BCUT2D eigenvalue weighted by molar-refractivity contribution is -0.870. The number of carbonyl (C=O) groups excluding carboxylic acids is 2. The highest BCUT2D eigenvalue weighted by Crippen LogP contribution is 2.43. The third-order valence-electron chi connectivity index (χ3n) is 9.71. The fraction of sp³-hybridized carbons (Fsp3) is 0.864. The van der Waals surface area contributed by atoms with Crippen LogP contribution in [0.1, 0.15) is 187 Å². The van der Waals surface area contributed by atoms with E-state index in [1.165, 1.54) is 77.0 Å². The van der Waals surface area contributed by atoms with Crippen LogP contribution >= 0.6 is 7.82 Å². The number of phosphoric ester groups is 1. The van der Waals surface area contributed by atoms with E-state index in [-0.39, 0.29) is 38.1 Å². The molecule has 0 fully saturated rings. The van der Waals surface area contributed by atoms with Crippen molar-refractivity contribution in [2.75, 3.05) is 47.5 Å². The van der Waals surface area contributed by atoms with Crippen molar-refractivity contribution in [2.45, 2.75) is 199 Å². The minimum absolute atomic E-state index is 0.0168. The zero-order chi connectivity index (χ0) is 41.6. The van der Waals surface area contributed by atoms with Crippen molar-refractivity contribution in [3.05, 3.63) is 24.3 Å². The summed E-state index contributed by atoms with van der Waals surface area (Å²) in [6.07, 6.45) is 35.3. The van der Waals surface area contributed by atoms with Gasteiger partial charge in [-0.1, -0.05) is 167 Å². The van der Waals surface area contributed by atoms with E-state index < -0.39 is 26.5 Å². The molecule has 2 N–H and O–H groups in total. The van der Waals surface area contributed by atoms with Crippen molar-refractivity contribution in [3.8, 4) is 0 Å². The van der Waals surface area contributed by atoms with Gasteiger partial charge in [-0.05, 0) is 32.1 Å². The molecule has 0 spiro atoms. The number of unbranched alkanes of at least 4 members (excludes halogenated alkanes) is 21. The van der Waals surface area contributed by atoms with E-state index >= 15 is 0 Å². The maximum atomic E-state index is 12.7. The first-order valence-electron chi connectivity index (χ1n) is 22.3. The molecule has 330 valence electrons. The summed E-state index contributed by atoms with van der Waals surface area (Å²) in [6.45, 7) is 4.24. The molecule has 3 unspecified atom stereocenters. The Bertz CT molecular complexity index is 1030. The van der Waals surface area contributed by atoms with Crippen molar-refractivity contribution < 1.29 is 52.2 Å². The van der Waals surface area contributed by atoms with Crippen LogP contribution < -0.4 is 0 Å². The molecule has 0 aromatic heterocycles. The number of carbonyl (C=O) groups is 2. The van der Waals surface area contributed by atoms with Gasteiger partial charge in [-0.2, -0.15) is 0 Å². The molecule has 0 bridgehead atoms. The molecule has 0 heterocycles. The normalized spacial score (nSPS) is 14.3. The Hall–Kier alpha value is -1.59. The molecule has 0 aromatic carbocycles. The molecule has 0 amide bonds. The van der Waals surface area contributed by atoms with E-state index in [0.717, 1.165) is 77.0 Å². The molecule has 0 aromatic rings. The molecular formula is C44H85NO10P+. The molecule has 56 heavy (non-hydrogen) atoms. The molecule has 0 aliphatic carbocycles. The van der Waals surface area contributed by atoms with Crippen LogP contribution in [0.15, 0.2) is 24.3 Å². The highest BCUT2D eigenvalue weighted by molar-refractivity contribution is 7.47. The van der Waals surface area contributed by atoms with E-state index in [1.807, 2.05) is 39.4 Å². The molecule has 0 rings (SSSR count). The Morgan fingerprint density at radius 3 is 1.68 bits per heavy atom. The largest absolute Gasteiger partial charge is 0.472 e. The van der Waals surface area contributed by atoms with Gasteiger partial charge in [0.1, 0.15) is 25.9 Å². The number of esters is 2. The number of phosphoric acid groups is 1. The molecule has 3 atom stereocenters. The van der Waals surface area contributed by atoms with Crippen LogP contribution in [0.4, 0.5) is 0 Å². The predicted molar refractivity (Wildman–Crippen MR) is 227 cm³/mol. The van der Waals surface area contributed by atoms with Gasteiger partial charge in [-0.3, -0.25) is 23.9 Å². The predicted octanol–water partition coefficient (Wildman–Crippen LogP) is 11.8. The molecule has 0 saturated carbocycles. The molecule has 11 nitrogen and oxygen atoms in total. The second-order valence-corrected chi connectivity index (χ2v) is 17.8. The number of allylic oxidation sites excluding steroid dienone is 3. The molecule has 0 aliphatic rings. The van der Waals surface area contributed by atoms with Crippen LogP contribution in [0.3, 0.4) is 0 Å². The Morgan fingerprint density at radius 1 is 0.643 bits per heavy atom. The second kappa shape index (κ2) is 37.7. The zero-order valence-electron chi connectivity index (χ0n) is 36.4. The van der Waals surface area contributed by atoms with E-state index in [2.05, 4.69) is 24.8 Å². The van der Waals surface area contributed by atoms with Gasteiger partial charge in [-0.15, -0.1) is 0 Å². The number of quaternary nitrogens is 1. The standard InChI is InChI=1S/C44H84NO10P/c1-6-8-10-11-12-13-14-15-16-17-18-21-24-27-31-35-43(46)51-39-42(40-53-56(49,50)52-38-37-45(3,4)5)54-44(47)36-32-28-25-22-19-20-23-26-30-34-41(55-48)33-29-9-7-2/h23,26,30,34,41-42H,6-22,24-25,27-29,31-33,35-40H2,1-5H3,(H-,48,49,50)/p+1/b26-23-,34-30+. The Kier molecular flexibility index (Phi) is 36.6. The van der Waals surface area contributed by atoms with Crippen LogP contribution in [-0.2, 0) is 37.6 Å². The van der Waals surface area contributed by atoms with Crippen LogP contribution in [0.25, 0.3) is 0 Å². The molecule has 0 saturated heterocycles. The van der Waals surface area contributed by atoms with Gasteiger partial charge >= 0.3 is 19.8 Å². The van der Waals surface area contributed by atoms with E-state index in [1.54, 1.807) is 0 Å². The molecule has 0 aliphatic heterocycles.